The van der Waals surface area contributed by atoms with Crippen LogP contribution in [0.25, 0.3) is 0 Å². The summed E-state index contributed by atoms with van der Waals surface area (Å²) in [7, 11) is -0.558. The third-order valence-electron chi connectivity index (χ3n) is 5.09. The van der Waals surface area contributed by atoms with Crippen LogP contribution in [-0.2, 0) is 5.41 Å². The van der Waals surface area contributed by atoms with Crippen LogP contribution in [0.2, 0.25) is 14.8 Å². The fourth-order valence-corrected chi connectivity index (χ4v) is 15.6. The van der Waals surface area contributed by atoms with Crippen molar-refractivity contribution in [3.63, 3.8) is 0 Å². The van der Waals surface area contributed by atoms with E-state index in [9.17, 15) is 0 Å². The Bertz CT molecular complexity index is 892. The van der Waals surface area contributed by atoms with E-state index in [1.807, 2.05) is 0 Å². The van der Waals surface area contributed by atoms with Crippen molar-refractivity contribution in [3.8, 4) is 0 Å². The first-order valence-corrected chi connectivity index (χ1v) is 21.5. The van der Waals surface area contributed by atoms with Gasteiger partial charge in [0.15, 0.2) is 0 Å². The molecule has 0 heterocycles. The molecule has 2 heteroatoms. The summed E-state index contributed by atoms with van der Waals surface area (Å²) in [5, 5.41) is 4.50. The molecule has 3 aromatic carbocycles. The zero-order valence-electron chi connectivity index (χ0n) is 18.4. The molecule has 0 aliphatic heterocycles. The molecule has 0 bridgehead atoms. The molecule has 0 nitrogen and oxygen atoms in total. The van der Waals surface area contributed by atoms with Crippen LogP contribution in [-0.4, -0.2) is 18.4 Å². The average Bonchev–Trinajstić information content (AvgIpc) is 2.61. The van der Waals surface area contributed by atoms with Gasteiger partial charge in [0.05, 0.1) is 0 Å². The van der Waals surface area contributed by atoms with E-state index >= 15 is 0 Å². The predicted molar refractivity (Wildman–Crippen MR) is 132 cm³/mol. The molecule has 0 saturated carbocycles. The fraction of sp³-hybridized carbons (Fsp3) is 0.308. The van der Waals surface area contributed by atoms with Crippen LogP contribution < -0.4 is 19.5 Å². The molecular formula is C26H33PSn. The van der Waals surface area contributed by atoms with E-state index < -0.39 is 26.3 Å². The second-order valence-electron chi connectivity index (χ2n) is 9.71. The van der Waals surface area contributed by atoms with Crippen LogP contribution in [0.15, 0.2) is 72.8 Å². The molecule has 0 fully saturated rings. The van der Waals surface area contributed by atoms with Gasteiger partial charge in [-0.2, -0.15) is 0 Å². The third-order valence-corrected chi connectivity index (χ3v) is 14.0. The van der Waals surface area contributed by atoms with E-state index in [4.69, 9.17) is 0 Å². The van der Waals surface area contributed by atoms with Crippen molar-refractivity contribution in [1.82, 2.24) is 0 Å². The van der Waals surface area contributed by atoms with Crippen molar-refractivity contribution >= 4 is 45.8 Å². The third kappa shape index (κ3) is 4.71. The van der Waals surface area contributed by atoms with Crippen LogP contribution >= 0.6 is 7.92 Å². The second kappa shape index (κ2) is 8.33. The van der Waals surface area contributed by atoms with Crippen LogP contribution in [0.1, 0.15) is 31.9 Å². The molecule has 3 rings (SSSR count). The van der Waals surface area contributed by atoms with Gasteiger partial charge < -0.3 is 0 Å². The first kappa shape index (κ1) is 21.6. The summed E-state index contributed by atoms with van der Waals surface area (Å²) >= 11 is -2.41. The van der Waals surface area contributed by atoms with Gasteiger partial charge in [0, 0.05) is 0 Å². The Labute approximate surface area is 177 Å². The van der Waals surface area contributed by atoms with E-state index in [2.05, 4.69) is 115 Å². The molecule has 0 N–H and O–H groups in total. The first-order chi connectivity index (χ1) is 13.1. The quantitative estimate of drug-likeness (QED) is 0.327. The SMILES string of the molecule is Cc1cc(P(c2ccccc2)c2ccccc2)[c]([Sn]([CH3])([CH3])[CH3])c(C(C)(C)C)c1. The van der Waals surface area contributed by atoms with Gasteiger partial charge >= 0.3 is 178 Å². The molecule has 0 aliphatic carbocycles. The fourth-order valence-electron chi connectivity index (χ4n) is 3.90. The standard InChI is InChI=1S/C23H24P.3CH3.Sn/c1-18-15-19(23(2,3)4)17-22(16-18)24(20-11-7-5-8-12-20)21-13-9-6-10-14-21;;;;/h5-16H,1-4H3;3*1H3;. The molecule has 0 radical (unpaired) electrons. The molecule has 0 unspecified atom stereocenters. The minimum absolute atomic E-state index is 0.161. The summed E-state index contributed by atoms with van der Waals surface area (Å²) in [4.78, 5) is 7.71. The molecule has 0 atom stereocenters. The second-order valence-corrected chi connectivity index (χ2v) is 26.2. The molecule has 3 aromatic rings. The Hall–Kier alpha value is -1.11. The van der Waals surface area contributed by atoms with Crippen molar-refractivity contribution in [2.75, 3.05) is 0 Å². The van der Waals surface area contributed by atoms with Gasteiger partial charge in [-0.1, -0.05) is 0 Å². The Morgan fingerprint density at radius 1 is 0.714 bits per heavy atom. The average molecular weight is 495 g/mol. The molecular weight excluding hydrogens is 462 g/mol. The number of benzene rings is 3. The van der Waals surface area contributed by atoms with Gasteiger partial charge in [-0.3, -0.25) is 0 Å². The number of rotatable bonds is 4. The summed E-state index contributed by atoms with van der Waals surface area (Å²) < 4.78 is 1.73. The number of aryl methyl sites for hydroxylation is 1. The Balaban J connectivity index is 2.40. The van der Waals surface area contributed by atoms with Crippen molar-refractivity contribution in [2.45, 2.75) is 47.9 Å². The molecule has 0 spiro atoms. The van der Waals surface area contributed by atoms with E-state index in [1.54, 1.807) is 14.4 Å². The van der Waals surface area contributed by atoms with Gasteiger partial charge in [0.25, 0.3) is 0 Å². The summed E-state index contributed by atoms with van der Waals surface area (Å²) in [5.74, 6) is 0. The van der Waals surface area contributed by atoms with Crippen LogP contribution in [0, 0.1) is 6.92 Å². The van der Waals surface area contributed by atoms with E-state index in [0.717, 1.165) is 0 Å². The zero-order valence-corrected chi connectivity index (χ0v) is 22.1. The Kier molecular flexibility index (Phi) is 6.42. The van der Waals surface area contributed by atoms with Crippen molar-refractivity contribution in [2.24, 2.45) is 0 Å². The summed E-state index contributed by atoms with van der Waals surface area (Å²) in [6, 6.07) is 27.2. The molecule has 0 amide bonds. The maximum absolute atomic E-state index is 2.57. The Morgan fingerprint density at radius 3 is 1.57 bits per heavy atom. The van der Waals surface area contributed by atoms with E-state index in [1.165, 1.54) is 16.2 Å². The predicted octanol–water partition coefficient (Wildman–Crippen LogP) is 5.60. The van der Waals surface area contributed by atoms with Crippen molar-refractivity contribution in [3.05, 3.63) is 83.9 Å². The van der Waals surface area contributed by atoms with Gasteiger partial charge in [-0.15, -0.1) is 0 Å². The zero-order chi connectivity index (χ0) is 20.5. The topological polar surface area (TPSA) is 0 Å². The minimum atomic E-state index is -2.41. The monoisotopic (exact) mass is 496 g/mol. The van der Waals surface area contributed by atoms with Gasteiger partial charge in [-0.05, 0) is 0 Å². The van der Waals surface area contributed by atoms with Crippen LogP contribution in [0.5, 0.6) is 0 Å². The van der Waals surface area contributed by atoms with Crippen LogP contribution in [0.3, 0.4) is 0 Å². The summed E-state index contributed by atoms with van der Waals surface area (Å²) in [5.41, 5.74) is 3.12. The summed E-state index contributed by atoms with van der Waals surface area (Å²) in [6.45, 7) is 9.39. The molecule has 146 valence electrons. The van der Waals surface area contributed by atoms with Gasteiger partial charge in [0.1, 0.15) is 0 Å². The number of hydrogen-bond donors (Lipinski definition) is 0. The number of hydrogen-bond acceptors (Lipinski definition) is 0. The summed E-state index contributed by atoms with van der Waals surface area (Å²) in [6.07, 6.45) is 0. The van der Waals surface area contributed by atoms with E-state index in [-0.39, 0.29) is 5.41 Å². The van der Waals surface area contributed by atoms with Gasteiger partial charge in [0.2, 0.25) is 0 Å². The normalized spacial score (nSPS) is 12.4. The van der Waals surface area contributed by atoms with E-state index in [0.29, 0.717) is 0 Å². The molecule has 0 saturated heterocycles. The Morgan fingerprint density at radius 2 is 1.18 bits per heavy atom. The van der Waals surface area contributed by atoms with Crippen LogP contribution in [0.4, 0.5) is 0 Å². The van der Waals surface area contributed by atoms with Gasteiger partial charge in [-0.25, -0.2) is 0 Å². The van der Waals surface area contributed by atoms with Crippen molar-refractivity contribution < 1.29 is 0 Å². The molecule has 28 heavy (non-hydrogen) atoms. The van der Waals surface area contributed by atoms with Crippen molar-refractivity contribution in [1.29, 1.82) is 0 Å². The maximum atomic E-state index is 2.57. The first-order valence-electron chi connectivity index (χ1n) is 10.1. The molecule has 0 aromatic heterocycles. The molecule has 0 aliphatic rings.